The van der Waals surface area contributed by atoms with Gasteiger partial charge in [-0.2, -0.15) is 0 Å². The van der Waals surface area contributed by atoms with E-state index in [1.807, 2.05) is 0 Å². The minimum atomic E-state index is 0.0190. The first kappa shape index (κ1) is 15.0. The van der Waals surface area contributed by atoms with Crippen molar-refractivity contribution in [2.75, 3.05) is 16.3 Å². The number of hydrogen-bond donors (Lipinski definition) is 0. The summed E-state index contributed by atoms with van der Waals surface area (Å²) in [6.07, 6.45) is 0. The first-order valence-electron chi connectivity index (χ1n) is 7.85. The SMILES string of the molecule is Cc1cc(C)c(N2[C]N(c3ccccc3)C(C)(C)C2)c(C)c1. The molecule has 114 valence electrons. The predicted molar refractivity (Wildman–Crippen MR) is 94.2 cm³/mol. The first-order chi connectivity index (χ1) is 10.4. The third kappa shape index (κ3) is 2.58. The van der Waals surface area contributed by atoms with Gasteiger partial charge in [-0.15, -0.1) is 0 Å². The lowest BCUT2D eigenvalue weighted by Crippen LogP contribution is -2.39. The second-order valence-corrected chi connectivity index (χ2v) is 6.92. The molecule has 0 saturated carbocycles. The van der Waals surface area contributed by atoms with Crippen LogP contribution >= 0.6 is 0 Å². The average Bonchev–Trinajstić information content (AvgIpc) is 2.74. The molecule has 1 saturated heterocycles. The molecular weight excluding hydrogens is 268 g/mol. The Hall–Kier alpha value is -1.96. The molecule has 0 bridgehead atoms. The van der Waals surface area contributed by atoms with E-state index in [-0.39, 0.29) is 5.54 Å². The molecule has 1 fully saturated rings. The highest BCUT2D eigenvalue weighted by Gasteiger charge is 2.39. The number of para-hydroxylation sites is 1. The molecule has 2 radical (unpaired) electrons. The van der Waals surface area contributed by atoms with E-state index in [0.29, 0.717) is 0 Å². The summed E-state index contributed by atoms with van der Waals surface area (Å²) in [4.78, 5) is 4.53. The Kier molecular flexibility index (Phi) is 3.64. The minimum Gasteiger partial charge on any atom is -0.338 e. The van der Waals surface area contributed by atoms with Gasteiger partial charge in [-0.25, -0.2) is 0 Å². The Morgan fingerprint density at radius 3 is 2.14 bits per heavy atom. The molecule has 2 aromatic carbocycles. The normalized spacial score (nSPS) is 17.1. The van der Waals surface area contributed by atoms with Gasteiger partial charge in [-0.05, 0) is 57.9 Å². The molecule has 2 nitrogen and oxygen atoms in total. The zero-order chi connectivity index (χ0) is 15.9. The van der Waals surface area contributed by atoms with Crippen molar-refractivity contribution < 1.29 is 0 Å². The van der Waals surface area contributed by atoms with E-state index < -0.39 is 0 Å². The van der Waals surface area contributed by atoms with Crippen LogP contribution in [0.2, 0.25) is 0 Å². The molecule has 2 heteroatoms. The Morgan fingerprint density at radius 1 is 0.955 bits per heavy atom. The molecule has 0 amide bonds. The van der Waals surface area contributed by atoms with Gasteiger partial charge in [-0.3, -0.25) is 0 Å². The van der Waals surface area contributed by atoms with E-state index >= 15 is 0 Å². The summed E-state index contributed by atoms with van der Waals surface area (Å²) in [5.74, 6) is 0. The molecule has 0 N–H and O–H groups in total. The van der Waals surface area contributed by atoms with Crippen LogP contribution in [0.15, 0.2) is 42.5 Å². The van der Waals surface area contributed by atoms with Crippen LogP contribution in [0.3, 0.4) is 0 Å². The van der Waals surface area contributed by atoms with Crippen LogP contribution < -0.4 is 9.80 Å². The lowest BCUT2D eigenvalue weighted by molar-refractivity contribution is 0.559. The van der Waals surface area contributed by atoms with Crippen LogP contribution in [0.25, 0.3) is 0 Å². The van der Waals surface area contributed by atoms with Gasteiger partial charge in [0, 0.05) is 17.9 Å². The Labute approximate surface area is 134 Å². The molecule has 3 rings (SSSR count). The zero-order valence-electron chi connectivity index (χ0n) is 14.1. The van der Waals surface area contributed by atoms with Crippen molar-refractivity contribution in [1.29, 1.82) is 0 Å². The van der Waals surface area contributed by atoms with Gasteiger partial charge in [0.25, 0.3) is 0 Å². The van der Waals surface area contributed by atoms with Crippen molar-refractivity contribution in [3.05, 3.63) is 65.8 Å². The van der Waals surface area contributed by atoms with Gasteiger partial charge in [0.05, 0.1) is 5.54 Å². The fourth-order valence-corrected chi connectivity index (χ4v) is 3.46. The maximum atomic E-state index is 3.58. The number of hydrogen-bond acceptors (Lipinski definition) is 2. The molecule has 22 heavy (non-hydrogen) atoms. The van der Waals surface area contributed by atoms with Crippen LogP contribution in [-0.4, -0.2) is 12.1 Å². The molecule has 0 aliphatic carbocycles. The Morgan fingerprint density at radius 2 is 1.55 bits per heavy atom. The third-order valence-electron chi connectivity index (χ3n) is 4.29. The monoisotopic (exact) mass is 292 g/mol. The molecule has 1 aliphatic heterocycles. The van der Waals surface area contributed by atoms with Gasteiger partial charge < -0.3 is 9.80 Å². The van der Waals surface area contributed by atoms with E-state index in [4.69, 9.17) is 0 Å². The Bertz CT molecular complexity index is 650. The van der Waals surface area contributed by atoms with Crippen LogP contribution in [0.1, 0.15) is 30.5 Å². The number of anilines is 2. The molecule has 0 unspecified atom stereocenters. The predicted octanol–water partition coefficient (Wildman–Crippen LogP) is 4.71. The van der Waals surface area contributed by atoms with E-state index in [2.05, 4.69) is 93.6 Å². The number of rotatable bonds is 2. The van der Waals surface area contributed by atoms with Gasteiger partial charge >= 0.3 is 0 Å². The smallest absolute Gasteiger partial charge is 0.209 e. The highest BCUT2D eigenvalue weighted by atomic mass is 15.4. The van der Waals surface area contributed by atoms with Crippen LogP contribution in [-0.2, 0) is 0 Å². The van der Waals surface area contributed by atoms with Crippen LogP contribution in [0, 0.1) is 27.4 Å². The summed E-state index contributed by atoms with van der Waals surface area (Å²) in [5.41, 5.74) is 6.45. The second kappa shape index (κ2) is 5.35. The van der Waals surface area contributed by atoms with Crippen molar-refractivity contribution in [1.82, 2.24) is 0 Å². The fourth-order valence-electron chi connectivity index (χ4n) is 3.46. The number of aryl methyl sites for hydroxylation is 3. The quantitative estimate of drug-likeness (QED) is 0.790. The van der Waals surface area contributed by atoms with E-state index in [1.165, 1.54) is 28.1 Å². The van der Waals surface area contributed by atoms with Gasteiger partial charge in [0.2, 0.25) is 6.67 Å². The molecule has 0 spiro atoms. The Balaban J connectivity index is 1.96. The molecular formula is C20H24N2. The van der Waals surface area contributed by atoms with E-state index in [9.17, 15) is 0 Å². The molecule has 1 heterocycles. The van der Waals surface area contributed by atoms with Crippen molar-refractivity contribution >= 4 is 11.4 Å². The number of benzene rings is 2. The number of nitrogens with zero attached hydrogens (tertiary/aromatic N) is 2. The van der Waals surface area contributed by atoms with Gasteiger partial charge in [0.15, 0.2) is 0 Å². The van der Waals surface area contributed by atoms with Crippen LogP contribution in [0.5, 0.6) is 0 Å². The highest BCUT2D eigenvalue weighted by Crippen LogP contribution is 2.38. The molecule has 2 aromatic rings. The highest BCUT2D eigenvalue weighted by molar-refractivity contribution is 5.67. The van der Waals surface area contributed by atoms with Crippen molar-refractivity contribution in [2.24, 2.45) is 0 Å². The lowest BCUT2D eigenvalue weighted by atomic mass is 10.0. The summed E-state index contributed by atoms with van der Waals surface area (Å²) in [6.45, 7) is 15.6. The molecule has 0 aromatic heterocycles. The average molecular weight is 292 g/mol. The third-order valence-corrected chi connectivity index (χ3v) is 4.29. The van der Waals surface area contributed by atoms with E-state index in [0.717, 1.165) is 6.54 Å². The second-order valence-electron chi connectivity index (χ2n) is 6.92. The summed E-state index contributed by atoms with van der Waals surface area (Å²) >= 11 is 0. The van der Waals surface area contributed by atoms with Crippen LogP contribution in [0.4, 0.5) is 11.4 Å². The largest absolute Gasteiger partial charge is 0.338 e. The lowest BCUT2D eigenvalue weighted by Gasteiger charge is -2.30. The summed E-state index contributed by atoms with van der Waals surface area (Å²) in [7, 11) is 0. The zero-order valence-corrected chi connectivity index (χ0v) is 14.1. The van der Waals surface area contributed by atoms with Crippen molar-refractivity contribution in [2.45, 2.75) is 40.2 Å². The minimum absolute atomic E-state index is 0.0190. The summed E-state index contributed by atoms with van der Waals surface area (Å²) in [6, 6.07) is 15.0. The molecule has 0 atom stereocenters. The summed E-state index contributed by atoms with van der Waals surface area (Å²) < 4.78 is 0. The standard InChI is InChI=1S/C20H24N2/c1-15-11-16(2)19(17(3)12-15)21-13-20(4,5)22(14-21)18-9-7-6-8-10-18/h6-12H,13H2,1-5H3. The maximum absolute atomic E-state index is 3.58. The van der Waals surface area contributed by atoms with Crippen molar-refractivity contribution in [3.8, 4) is 0 Å². The van der Waals surface area contributed by atoms with E-state index in [1.54, 1.807) is 0 Å². The first-order valence-corrected chi connectivity index (χ1v) is 7.85. The molecule has 1 aliphatic rings. The fraction of sp³-hybridized carbons (Fsp3) is 0.350. The summed E-state index contributed by atoms with van der Waals surface area (Å²) in [5, 5.41) is 0. The maximum Gasteiger partial charge on any atom is 0.209 e. The van der Waals surface area contributed by atoms with Gasteiger partial charge in [-0.1, -0.05) is 35.9 Å². The van der Waals surface area contributed by atoms with Gasteiger partial charge in [0.1, 0.15) is 0 Å². The topological polar surface area (TPSA) is 6.48 Å². The van der Waals surface area contributed by atoms with Crippen molar-refractivity contribution in [3.63, 3.8) is 0 Å².